The van der Waals surface area contributed by atoms with E-state index in [-0.39, 0.29) is 5.82 Å². The first-order valence-electron chi connectivity index (χ1n) is 6.85. The molecule has 1 N–H and O–H groups in total. The van der Waals surface area contributed by atoms with E-state index in [1.807, 2.05) is 31.2 Å². The number of aryl methyl sites for hydroxylation is 1. The van der Waals surface area contributed by atoms with Crippen molar-refractivity contribution >= 4 is 10.9 Å². The van der Waals surface area contributed by atoms with Crippen molar-refractivity contribution in [1.29, 1.82) is 0 Å². The molecule has 0 radical (unpaired) electrons. The van der Waals surface area contributed by atoms with Gasteiger partial charge in [-0.3, -0.25) is 0 Å². The number of hydrogen-bond acceptors (Lipinski definition) is 3. The summed E-state index contributed by atoms with van der Waals surface area (Å²) < 4.78 is 15.2. The molecule has 0 saturated heterocycles. The van der Waals surface area contributed by atoms with Crippen LogP contribution in [-0.4, -0.2) is 25.2 Å². The molecule has 0 atom stereocenters. The lowest BCUT2D eigenvalue weighted by atomic mass is 10.1. The van der Waals surface area contributed by atoms with E-state index in [1.165, 1.54) is 12.1 Å². The van der Waals surface area contributed by atoms with Crippen molar-refractivity contribution in [2.75, 3.05) is 0 Å². The lowest BCUT2D eigenvalue weighted by Crippen LogP contribution is -1.99. The average Bonchev–Trinajstić information content (AvgIpc) is 3.13. The van der Waals surface area contributed by atoms with Crippen molar-refractivity contribution in [2.24, 2.45) is 0 Å². The standard InChI is InChI=1S/C16H12FN5/c1-10-2-5-12(6-3-10)22-16(19-20-21-22)14-9-18-15-7-4-11(17)8-13(14)15/h2-9,18H,1H3. The quantitative estimate of drug-likeness (QED) is 0.617. The van der Waals surface area contributed by atoms with Gasteiger partial charge in [-0.1, -0.05) is 17.7 Å². The second kappa shape index (κ2) is 4.77. The number of tetrazole rings is 1. The largest absolute Gasteiger partial charge is 0.360 e. The normalized spacial score (nSPS) is 11.2. The van der Waals surface area contributed by atoms with E-state index >= 15 is 0 Å². The first kappa shape index (κ1) is 12.7. The van der Waals surface area contributed by atoms with Crippen molar-refractivity contribution in [3.8, 4) is 17.1 Å². The van der Waals surface area contributed by atoms with Gasteiger partial charge in [0.05, 0.1) is 5.69 Å². The third-order valence-electron chi connectivity index (χ3n) is 3.63. The number of rotatable bonds is 2. The summed E-state index contributed by atoms with van der Waals surface area (Å²) in [4.78, 5) is 3.12. The zero-order valence-corrected chi connectivity index (χ0v) is 11.8. The van der Waals surface area contributed by atoms with Gasteiger partial charge in [-0.15, -0.1) is 5.10 Å². The van der Waals surface area contributed by atoms with Crippen LogP contribution in [-0.2, 0) is 0 Å². The molecule has 0 aliphatic carbocycles. The van der Waals surface area contributed by atoms with E-state index in [0.29, 0.717) is 5.82 Å². The zero-order chi connectivity index (χ0) is 15.1. The molecule has 0 unspecified atom stereocenters. The summed E-state index contributed by atoms with van der Waals surface area (Å²) in [6.07, 6.45) is 1.79. The number of nitrogens with zero attached hydrogens (tertiary/aromatic N) is 4. The Labute approximate surface area is 125 Å². The molecule has 22 heavy (non-hydrogen) atoms. The number of aromatic amines is 1. The van der Waals surface area contributed by atoms with Gasteiger partial charge in [0.25, 0.3) is 0 Å². The van der Waals surface area contributed by atoms with Crippen LogP contribution in [0.25, 0.3) is 28.0 Å². The van der Waals surface area contributed by atoms with E-state index in [9.17, 15) is 4.39 Å². The van der Waals surface area contributed by atoms with E-state index in [2.05, 4.69) is 20.5 Å². The van der Waals surface area contributed by atoms with Crippen LogP contribution >= 0.6 is 0 Å². The zero-order valence-electron chi connectivity index (χ0n) is 11.8. The Hall–Kier alpha value is -3.02. The van der Waals surface area contributed by atoms with Gasteiger partial charge in [-0.05, 0) is 47.7 Å². The van der Waals surface area contributed by atoms with Crippen molar-refractivity contribution in [2.45, 2.75) is 6.92 Å². The molecule has 6 heteroatoms. The molecule has 0 amide bonds. The molecule has 108 valence electrons. The molecule has 0 fully saturated rings. The Bertz CT molecular complexity index is 952. The first-order chi connectivity index (χ1) is 10.7. The monoisotopic (exact) mass is 293 g/mol. The van der Waals surface area contributed by atoms with Crippen LogP contribution in [0.15, 0.2) is 48.7 Å². The van der Waals surface area contributed by atoms with Crippen LogP contribution < -0.4 is 0 Å². The fraction of sp³-hybridized carbons (Fsp3) is 0.0625. The molecule has 0 bridgehead atoms. The van der Waals surface area contributed by atoms with Crippen molar-refractivity contribution in [1.82, 2.24) is 25.2 Å². The predicted molar refractivity (Wildman–Crippen MR) is 81.1 cm³/mol. The highest BCUT2D eigenvalue weighted by molar-refractivity contribution is 5.94. The number of halogens is 1. The highest BCUT2D eigenvalue weighted by Crippen LogP contribution is 2.28. The van der Waals surface area contributed by atoms with Gasteiger partial charge in [0.2, 0.25) is 0 Å². The van der Waals surface area contributed by atoms with Gasteiger partial charge in [-0.25, -0.2) is 4.39 Å². The molecule has 0 spiro atoms. The van der Waals surface area contributed by atoms with E-state index in [0.717, 1.165) is 27.7 Å². The Kier molecular flexibility index (Phi) is 2.75. The fourth-order valence-corrected chi connectivity index (χ4v) is 2.49. The van der Waals surface area contributed by atoms with Gasteiger partial charge in [0.1, 0.15) is 5.82 Å². The maximum absolute atomic E-state index is 13.5. The molecule has 0 saturated carbocycles. The summed E-state index contributed by atoms with van der Waals surface area (Å²) in [6, 6.07) is 12.5. The third kappa shape index (κ3) is 1.96. The molecule has 2 aromatic heterocycles. The Balaban J connectivity index is 1.91. The van der Waals surface area contributed by atoms with Crippen LogP contribution in [0.1, 0.15) is 5.56 Å². The Morgan fingerprint density at radius 1 is 1.09 bits per heavy atom. The molecule has 4 aromatic rings. The third-order valence-corrected chi connectivity index (χ3v) is 3.63. The van der Waals surface area contributed by atoms with Gasteiger partial charge in [0, 0.05) is 22.7 Å². The minimum atomic E-state index is -0.289. The number of aromatic nitrogens is 5. The van der Waals surface area contributed by atoms with Crippen LogP contribution in [0.4, 0.5) is 4.39 Å². The number of H-pyrrole nitrogens is 1. The van der Waals surface area contributed by atoms with E-state index in [1.54, 1.807) is 16.9 Å². The number of nitrogens with one attached hydrogen (secondary N) is 1. The van der Waals surface area contributed by atoms with Crippen LogP contribution in [0.2, 0.25) is 0 Å². The summed E-state index contributed by atoms with van der Waals surface area (Å²) in [5, 5.41) is 12.7. The van der Waals surface area contributed by atoms with E-state index in [4.69, 9.17) is 0 Å². The fourth-order valence-electron chi connectivity index (χ4n) is 2.49. The number of hydrogen-bond donors (Lipinski definition) is 1. The number of benzene rings is 2. The topological polar surface area (TPSA) is 59.4 Å². The van der Waals surface area contributed by atoms with E-state index < -0.39 is 0 Å². The lowest BCUT2D eigenvalue weighted by molar-refractivity contribution is 0.630. The van der Waals surface area contributed by atoms with Gasteiger partial charge in [-0.2, -0.15) is 4.68 Å². The first-order valence-corrected chi connectivity index (χ1v) is 6.85. The highest BCUT2D eigenvalue weighted by Gasteiger charge is 2.15. The molecular weight excluding hydrogens is 281 g/mol. The van der Waals surface area contributed by atoms with Gasteiger partial charge >= 0.3 is 0 Å². The smallest absolute Gasteiger partial charge is 0.189 e. The van der Waals surface area contributed by atoms with Crippen LogP contribution in [0, 0.1) is 12.7 Å². The Morgan fingerprint density at radius 2 is 1.91 bits per heavy atom. The van der Waals surface area contributed by atoms with Crippen molar-refractivity contribution in [3.05, 3.63) is 60.0 Å². The summed E-state index contributed by atoms with van der Waals surface area (Å²) in [6.45, 7) is 2.02. The van der Waals surface area contributed by atoms with Crippen molar-refractivity contribution < 1.29 is 4.39 Å². The summed E-state index contributed by atoms with van der Waals surface area (Å²) in [7, 11) is 0. The minimum Gasteiger partial charge on any atom is -0.360 e. The van der Waals surface area contributed by atoms with Crippen molar-refractivity contribution in [3.63, 3.8) is 0 Å². The van der Waals surface area contributed by atoms with Gasteiger partial charge in [0.15, 0.2) is 5.82 Å². The number of fused-ring (bicyclic) bond motifs is 1. The second-order valence-electron chi connectivity index (χ2n) is 5.14. The summed E-state index contributed by atoms with van der Waals surface area (Å²) >= 11 is 0. The summed E-state index contributed by atoms with van der Waals surface area (Å²) in [5.74, 6) is 0.281. The molecule has 0 aliphatic rings. The van der Waals surface area contributed by atoms with Crippen LogP contribution in [0.3, 0.4) is 0 Å². The average molecular weight is 293 g/mol. The summed E-state index contributed by atoms with van der Waals surface area (Å²) in [5.41, 5.74) is 3.62. The predicted octanol–water partition coefficient (Wildman–Crippen LogP) is 3.26. The lowest BCUT2D eigenvalue weighted by Gasteiger charge is -2.04. The molecule has 2 aromatic carbocycles. The SMILES string of the molecule is Cc1ccc(-n2nnnc2-c2c[nH]c3ccc(F)cc23)cc1. The molecular formula is C16H12FN5. The van der Waals surface area contributed by atoms with Crippen LogP contribution in [0.5, 0.6) is 0 Å². The van der Waals surface area contributed by atoms with Gasteiger partial charge < -0.3 is 4.98 Å². The molecule has 0 aliphatic heterocycles. The maximum Gasteiger partial charge on any atom is 0.189 e. The maximum atomic E-state index is 13.5. The molecule has 4 rings (SSSR count). The minimum absolute atomic E-state index is 0.289. The molecule has 2 heterocycles. The molecule has 5 nitrogen and oxygen atoms in total. The Morgan fingerprint density at radius 3 is 2.73 bits per heavy atom. The second-order valence-corrected chi connectivity index (χ2v) is 5.14. The highest BCUT2D eigenvalue weighted by atomic mass is 19.1.